The molecule has 0 unspecified atom stereocenters. The molecule has 3 N–H and O–H groups in total. The number of carbonyl (C=O) groups excluding carboxylic acids is 1. The van der Waals surface area contributed by atoms with E-state index in [2.05, 4.69) is 15.0 Å². The number of hydrogen-bond acceptors (Lipinski definition) is 5. The number of benzene rings is 2. The fraction of sp³-hybridized carbons (Fsp3) is 0.118. The highest BCUT2D eigenvalue weighted by Gasteiger charge is 2.29. The minimum absolute atomic E-state index is 0.0973. The molecule has 0 saturated heterocycles. The third-order valence-electron chi connectivity index (χ3n) is 3.72. The van der Waals surface area contributed by atoms with Gasteiger partial charge in [0.2, 0.25) is 0 Å². The van der Waals surface area contributed by atoms with Gasteiger partial charge in [0.05, 0.1) is 17.0 Å². The van der Waals surface area contributed by atoms with Gasteiger partial charge in [-0.05, 0) is 36.4 Å². The second-order valence-corrected chi connectivity index (χ2v) is 7.12. The standard InChI is InChI=1S/C17H15N3O5S/c21-16(11-5-7-12(8-6-11)17(22)23)19-10-9-18-15-13-3-1-2-4-14(13)26(24,25)20-15/h1-8H,9-10H2,(H,18,20)(H,19,21)(H,22,23). The van der Waals surface area contributed by atoms with Crippen LogP contribution in [0.3, 0.4) is 0 Å². The van der Waals surface area contributed by atoms with Gasteiger partial charge in [0.25, 0.3) is 15.9 Å². The molecule has 0 spiro atoms. The van der Waals surface area contributed by atoms with Crippen molar-refractivity contribution in [1.82, 2.24) is 10.0 Å². The van der Waals surface area contributed by atoms with Crippen LogP contribution in [-0.2, 0) is 10.0 Å². The number of fused-ring (bicyclic) bond motifs is 1. The highest BCUT2D eigenvalue weighted by molar-refractivity contribution is 7.90. The zero-order valence-electron chi connectivity index (χ0n) is 13.5. The molecular weight excluding hydrogens is 358 g/mol. The second kappa shape index (κ2) is 6.96. The van der Waals surface area contributed by atoms with Crippen LogP contribution in [0.5, 0.6) is 0 Å². The number of rotatable bonds is 5. The molecule has 2 aromatic rings. The molecule has 1 aliphatic rings. The van der Waals surface area contributed by atoms with Crippen LogP contribution in [0.25, 0.3) is 0 Å². The van der Waals surface area contributed by atoms with E-state index < -0.39 is 16.0 Å². The average molecular weight is 373 g/mol. The van der Waals surface area contributed by atoms with Crippen LogP contribution in [0.15, 0.2) is 58.4 Å². The fourth-order valence-corrected chi connectivity index (χ4v) is 3.71. The summed E-state index contributed by atoms with van der Waals surface area (Å²) in [5.41, 5.74) is 0.929. The molecule has 0 aromatic heterocycles. The van der Waals surface area contributed by atoms with Crippen molar-refractivity contribution < 1.29 is 23.1 Å². The Bertz CT molecular complexity index is 997. The van der Waals surface area contributed by atoms with E-state index in [1.807, 2.05) is 0 Å². The molecule has 1 aliphatic heterocycles. The molecule has 1 amide bonds. The molecule has 2 aromatic carbocycles. The lowest BCUT2D eigenvalue weighted by Gasteiger charge is -2.04. The molecule has 9 heteroatoms. The lowest BCUT2D eigenvalue weighted by molar-refractivity contribution is 0.0696. The molecule has 0 bridgehead atoms. The van der Waals surface area contributed by atoms with Crippen molar-refractivity contribution in [2.24, 2.45) is 4.99 Å². The first kappa shape index (κ1) is 17.6. The van der Waals surface area contributed by atoms with Gasteiger partial charge in [-0.15, -0.1) is 0 Å². The summed E-state index contributed by atoms with van der Waals surface area (Å²) in [6.45, 7) is 0.387. The van der Waals surface area contributed by atoms with Crippen molar-refractivity contribution in [2.45, 2.75) is 4.90 Å². The summed E-state index contributed by atoms with van der Waals surface area (Å²) in [6, 6.07) is 12.1. The van der Waals surface area contributed by atoms with Gasteiger partial charge in [-0.3, -0.25) is 14.5 Å². The van der Waals surface area contributed by atoms with Gasteiger partial charge in [-0.1, -0.05) is 12.1 Å². The van der Waals surface area contributed by atoms with Gasteiger partial charge in [0, 0.05) is 17.7 Å². The van der Waals surface area contributed by atoms with Gasteiger partial charge in [-0.25, -0.2) is 13.2 Å². The summed E-state index contributed by atoms with van der Waals surface area (Å²) in [5.74, 6) is -1.18. The minimum Gasteiger partial charge on any atom is -0.478 e. The van der Waals surface area contributed by atoms with Crippen LogP contribution >= 0.6 is 0 Å². The maximum atomic E-state index is 12.0. The van der Waals surface area contributed by atoms with Crippen molar-refractivity contribution >= 4 is 27.7 Å². The lowest BCUT2D eigenvalue weighted by atomic mass is 10.1. The number of carboxylic acids is 1. The monoisotopic (exact) mass is 373 g/mol. The Morgan fingerprint density at radius 1 is 1.04 bits per heavy atom. The third kappa shape index (κ3) is 3.57. The van der Waals surface area contributed by atoms with Crippen LogP contribution in [0.1, 0.15) is 26.3 Å². The maximum absolute atomic E-state index is 12.0. The Morgan fingerprint density at radius 3 is 2.38 bits per heavy atom. The van der Waals surface area contributed by atoms with Crippen molar-refractivity contribution in [3.8, 4) is 0 Å². The van der Waals surface area contributed by atoms with E-state index in [4.69, 9.17) is 5.11 Å². The molecule has 26 heavy (non-hydrogen) atoms. The van der Waals surface area contributed by atoms with E-state index in [9.17, 15) is 18.0 Å². The zero-order valence-corrected chi connectivity index (χ0v) is 14.3. The van der Waals surface area contributed by atoms with Gasteiger partial charge in [0.15, 0.2) is 0 Å². The first-order chi connectivity index (χ1) is 12.4. The van der Waals surface area contributed by atoms with E-state index in [-0.39, 0.29) is 35.3 Å². The smallest absolute Gasteiger partial charge is 0.335 e. The number of aromatic carboxylic acids is 1. The maximum Gasteiger partial charge on any atom is 0.335 e. The van der Waals surface area contributed by atoms with E-state index in [0.717, 1.165) is 0 Å². The number of hydrogen-bond donors (Lipinski definition) is 3. The number of carboxylic acid groups (broad SMARTS) is 1. The molecule has 0 fully saturated rings. The van der Waals surface area contributed by atoms with Crippen LogP contribution in [0.4, 0.5) is 0 Å². The van der Waals surface area contributed by atoms with E-state index in [1.165, 1.54) is 30.3 Å². The molecule has 0 saturated carbocycles. The molecule has 0 atom stereocenters. The SMILES string of the molecule is O=C(O)c1ccc(C(=O)NCCN=C2NS(=O)(=O)c3ccccc32)cc1. The minimum atomic E-state index is -3.58. The lowest BCUT2D eigenvalue weighted by Crippen LogP contribution is -2.27. The molecule has 0 aliphatic carbocycles. The van der Waals surface area contributed by atoms with Gasteiger partial charge in [0.1, 0.15) is 5.84 Å². The quantitative estimate of drug-likeness (QED) is 0.670. The normalized spacial score (nSPS) is 15.9. The summed E-state index contributed by atoms with van der Waals surface area (Å²) in [6.07, 6.45) is 0. The molecule has 3 rings (SSSR count). The Balaban J connectivity index is 1.60. The van der Waals surface area contributed by atoms with E-state index in [1.54, 1.807) is 18.2 Å². The van der Waals surface area contributed by atoms with Gasteiger partial charge in [-0.2, -0.15) is 0 Å². The van der Waals surface area contributed by atoms with E-state index >= 15 is 0 Å². The Kier molecular flexibility index (Phi) is 4.72. The summed E-state index contributed by atoms with van der Waals surface area (Å²) < 4.78 is 26.3. The van der Waals surface area contributed by atoms with Crippen molar-refractivity contribution in [3.05, 3.63) is 65.2 Å². The third-order valence-corrected chi connectivity index (χ3v) is 5.12. The molecule has 1 heterocycles. The van der Waals surface area contributed by atoms with Crippen molar-refractivity contribution in [2.75, 3.05) is 13.1 Å². The molecule has 8 nitrogen and oxygen atoms in total. The van der Waals surface area contributed by atoms with Crippen LogP contribution in [0, 0.1) is 0 Å². The summed E-state index contributed by atoms with van der Waals surface area (Å²) >= 11 is 0. The molecular formula is C17H15N3O5S. The Hall–Kier alpha value is -3.20. The topological polar surface area (TPSA) is 125 Å². The first-order valence-corrected chi connectivity index (χ1v) is 9.15. The number of carbonyl (C=O) groups is 2. The highest BCUT2D eigenvalue weighted by Crippen LogP contribution is 2.21. The van der Waals surface area contributed by atoms with Crippen LogP contribution in [0.2, 0.25) is 0 Å². The molecule has 134 valence electrons. The Labute approximate surface area is 149 Å². The van der Waals surface area contributed by atoms with Crippen molar-refractivity contribution in [3.63, 3.8) is 0 Å². The predicted octanol–water partition coefficient (Wildman–Crippen LogP) is 0.853. The van der Waals surface area contributed by atoms with Gasteiger partial charge >= 0.3 is 5.97 Å². The predicted molar refractivity (Wildman–Crippen MR) is 93.9 cm³/mol. The summed E-state index contributed by atoms with van der Waals surface area (Å²) in [4.78, 5) is 27.2. The highest BCUT2D eigenvalue weighted by atomic mass is 32.2. The number of nitrogens with zero attached hydrogens (tertiary/aromatic N) is 1. The largest absolute Gasteiger partial charge is 0.478 e. The average Bonchev–Trinajstić information content (AvgIpc) is 2.89. The van der Waals surface area contributed by atoms with Gasteiger partial charge < -0.3 is 10.4 Å². The second-order valence-electron chi connectivity index (χ2n) is 5.47. The number of nitrogens with one attached hydrogen (secondary N) is 2. The number of amides is 1. The van der Waals surface area contributed by atoms with Crippen molar-refractivity contribution in [1.29, 1.82) is 0 Å². The summed E-state index contributed by atoms with van der Waals surface area (Å²) in [7, 11) is -3.58. The zero-order chi connectivity index (χ0) is 18.7. The Morgan fingerprint density at radius 2 is 1.69 bits per heavy atom. The number of aliphatic imine (C=N–C) groups is 1. The van der Waals surface area contributed by atoms with Crippen LogP contribution < -0.4 is 10.0 Å². The molecule has 0 radical (unpaired) electrons. The number of amidine groups is 1. The number of sulfonamides is 1. The fourth-order valence-electron chi connectivity index (χ4n) is 2.45. The first-order valence-electron chi connectivity index (χ1n) is 7.67. The van der Waals surface area contributed by atoms with Crippen LogP contribution in [-0.4, -0.2) is 44.3 Å². The summed E-state index contributed by atoms with van der Waals surface area (Å²) in [5, 5.41) is 11.5. The van der Waals surface area contributed by atoms with E-state index in [0.29, 0.717) is 11.1 Å².